The molecule has 0 aromatic carbocycles. The first-order valence-corrected chi connectivity index (χ1v) is 0. The molecular formula is Br2CsNa. The molecular weight excluding hydrogens is 316 g/mol. The van der Waals surface area contributed by atoms with E-state index in [0.29, 0.717) is 0 Å². The minimum Gasteiger partial charge on any atom is -1.00 e. The summed E-state index contributed by atoms with van der Waals surface area (Å²) in [5.41, 5.74) is 0. The molecule has 0 atom stereocenters. The van der Waals surface area contributed by atoms with Crippen LogP contribution in [0.2, 0.25) is 0 Å². The Hall–Kier alpha value is 4.01. The van der Waals surface area contributed by atoms with E-state index in [9.17, 15) is 0 Å². The molecule has 0 saturated carbocycles. The molecule has 0 nitrogen and oxygen atoms in total. The summed E-state index contributed by atoms with van der Waals surface area (Å²) in [6.07, 6.45) is 0. The standard InChI is InChI=1S/2BrH.Cs.Na/h2*1H;;/q;;2*+1/p-2. The van der Waals surface area contributed by atoms with Crippen molar-refractivity contribution in [3.63, 3.8) is 0 Å². The molecule has 0 fully saturated rings. The Kier molecular flexibility index (Phi) is 96.3. The predicted molar refractivity (Wildman–Crippen MR) is 0 cm³/mol. The molecule has 0 amide bonds. The second kappa shape index (κ2) is 15.7. The van der Waals surface area contributed by atoms with E-state index in [2.05, 4.69) is 0 Å². The van der Waals surface area contributed by atoms with Gasteiger partial charge in [-0.25, -0.2) is 0 Å². The SMILES string of the molecule is [Br-].[Br-].[Cs+].[Na+]. The molecule has 4 heteroatoms. The molecule has 0 heterocycles. The van der Waals surface area contributed by atoms with Gasteiger partial charge in [0.15, 0.2) is 0 Å². The van der Waals surface area contributed by atoms with Crippen molar-refractivity contribution in [3.8, 4) is 0 Å². The molecule has 0 aliphatic carbocycles. The van der Waals surface area contributed by atoms with Crippen LogP contribution < -0.4 is 132 Å². The van der Waals surface area contributed by atoms with Gasteiger partial charge in [-0.3, -0.25) is 0 Å². The van der Waals surface area contributed by atoms with Crippen LogP contribution in [-0.4, -0.2) is 0 Å². The van der Waals surface area contributed by atoms with Gasteiger partial charge >= 0.3 is 98.5 Å². The molecule has 0 bridgehead atoms. The minimum atomic E-state index is 0. The molecule has 0 radical (unpaired) electrons. The van der Waals surface area contributed by atoms with Crippen LogP contribution in [0.1, 0.15) is 0 Å². The van der Waals surface area contributed by atoms with Crippen molar-refractivity contribution in [1.82, 2.24) is 0 Å². The van der Waals surface area contributed by atoms with Gasteiger partial charge in [0.05, 0.1) is 0 Å². The fourth-order valence-corrected chi connectivity index (χ4v) is 0. The smallest absolute Gasteiger partial charge is 1.00 e. The zero-order valence-electron chi connectivity index (χ0n) is 2.76. The summed E-state index contributed by atoms with van der Waals surface area (Å²) in [6, 6.07) is 0. The number of hydrogen-bond donors (Lipinski definition) is 0. The normalized spacial score (nSPS) is 0. The molecule has 0 saturated heterocycles. The van der Waals surface area contributed by atoms with E-state index in [-0.39, 0.29) is 132 Å². The average molecular weight is 316 g/mol. The first-order valence-electron chi connectivity index (χ1n) is 0. The summed E-state index contributed by atoms with van der Waals surface area (Å²) in [5.74, 6) is 0. The van der Waals surface area contributed by atoms with Crippen LogP contribution in [-0.2, 0) is 0 Å². The Bertz CT molecular complexity index is 6.00. The minimum absolute atomic E-state index is 0. The Morgan fingerprint density at radius 1 is 0.750 bits per heavy atom. The first kappa shape index (κ1) is 24.5. The van der Waals surface area contributed by atoms with Crippen LogP contribution in [0, 0.1) is 0 Å². The maximum absolute atomic E-state index is 0. The van der Waals surface area contributed by atoms with Crippen molar-refractivity contribution in [2.45, 2.75) is 0 Å². The van der Waals surface area contributed by atoms with Crippen LogP contribution in [0.15, 0.2) is 0 Å². The predicted octanol–water partition coefficient (Wildman–Crippen LogP) is -12.0. The van der Waals surface area contributed by atoms with Crippen LogP contribution in [0.4, 0.5) is 0 Å². The topological polar surface area (TPSA) is 0 Å². The van der Waals surface area contributed by atoms with E-state index in [1.165, 1.54) is 0 Å². The maximum Gasteiger partial charge on any atom is 1.00 e. The summed E-state index contributed by atoms with van der Waals surface area (Å²) in [6.45, 7) is 0. The van der Waals surface area contributed by atoms with Gasteiger partial charge in [0.2, 0.25) is 0 Å². The molecule has 0 spiro atoms. The van der Waals surface area contributed by atoms with Crippen LogP contribution in [0.3, 0.4) is 0 Å². The first-order chi connectivity index (χ1) is 0. The van der Waals surface area contributed by atoms with Gasteiger partial charge in [-0.2, -0.15) is 0 Å². The maximum atomic E-state index is 0. The number of rotatable bonds is 0. The largest absolute Gasteiger partial charge is 1.00 e. The fraction of sp³-hybridized carbons (Fsp3) is 0. The molecule has 4 heavy (non-hydrogen) atoms. The Morgan fingerprint density at radius 2 is 0.750 bits per heavy atom. The van der Waals surface area contributed by atoms with E-state index in [4.69, 9.17) is 0 Å². The number of hydrogen-bond acceptors (Lipinski definition) is 0. The Balaban J connectivity index is 0. The molecule has 0 aliphatic heterocycles. The van der Waals surface area contributed by atoms with Gasteiger partial charge in [-0.15, -0.1) is 0 Å². The Morgan fingerprint density at radius 3 is 0.750 bits per heavy atom. The molecule has 16 valence electrons. The third kappa shape index (κ3) is 9.38. The van der Waals surface area contributed by atoms with Gasteiger partial charge < -0.3 is 34.0 Å². The van der Waals surface area contributed by atoms with E-state index >= 15 is 0 Å². The third-order valence-electron chi connectivity index (χ3n) is 0. The molecule has 0 rings (SSSR count). The molecule has 0 aromatic rings. The fourth-order valence-electron chi connectivity index (χ4n) is 0. The Labute approximate surface area is 128 Å². The summed E-state index contributed by atoms with van der Waals surface area (Å²) in [7, 11) is 0. The van der Waals surface area contributed by atoms with Gasteiger partial charge in [-0.1, -0.05) is 0 Å². The van der Waals surface area contributed by atoms with Gasteiger partial charge in [0, 0.05) is 0 Å². The van der Waals surface area contributed by atoms with Crippen LogP contribution >= 0.6 is 0 Å². The zero-order valence-corrected chi connectivity index (χ0v) is 14.2. The molecule has 0 N–H and O–H groups in total. The second-order valence-electron chi connectivity index (χ2n) is 0. The second-order valence-corrected chi connectivity index (χ2v) is 0. The summed E-state index contributed by atoms with van der Waals surface area (Å²) >= 11 is 0. The van der Waals surface area contributed by atoms with E-state index < -0.39 is 0 Å². The molecule has 0 aliphatic rings. The van der Waals surface area contributed by atoms with E-state index in [0.717, 1.165) is 0 Å². The van der Waals surface area contributed by atoms with Crippen molar-refractivity contribution in [2.75, 3.05) is 0 Å². The molecule has 0 aromatic heterocycles. The van der Waals surface area contributed by atoms with Crippen molar-refractivity contribution < 1.29 is 132 Å². The van der Waals surface area contributed by atoms with E-state index in [1.807, 2.05) is 0 Å². The van der Waals surface area contributed by atoms with Crippen molar-refractivity contribution in [2.24, 2.45) is 0 Å². The number of halogens is 2. The quantitative estimate of drug-likeness (QED) is 0.390. The van der Waals surface area contributed by atoms with Crippen molar-refractivity contribution in [3.05, 3.63) is 0 Å². The third-order valence-corrected chi connectivity index (χ3v) is 0. The van der Waals surface area contributed by atoms with Crippen LogP contribution in [0.5, 0.6) is 0 Å². The summed E-state index contributed by atoms with van der Waals surface area (Å²) < 4.78 is 0. The van der Waals surface area contributed by atoms with Crippen LogP contribution in [0.25, 0.3) is 0 Å². The zero-order chi connectivity index (χ0) is 0. The van der Waals surface area contributed by atoms with E-state index in [1.54, 1.807) is 0 Å². The van der Waals surface area contributed by atoms with Gasteiger partial charge in [0.25, 0.3) is 0 Å². The van der Waals surface area contributed by atoms with Crippen molar-refractivity contribution in [1.29, 1.82) is 0 Å². The van der Waals surface area contributed by atoms with Gasteiger partial charge in [0.1, 0.15) is 0 Å². The van der Waals surface area contributed by atoms with Gasteiger partial charge in [-0.05, 0) is 0 Å². The summed E-state index contributed by atoms with van der Waals surface area (Å²) in [4.78, 5) is 0. The monoisotopic (exact) mass is 314 g/mol. The summed E-state index contributed by atoms with van der Waals surface area (Å²) in [5, 5.41) is 0. The molecule has 0 unspecified atom stereocenters. The van der Waals surface area contributed by atoms with Crippen molar-refractivity contribution >= 4 is 0 Å². The average Bonchev–Trinajstić information content (AvgIpc) is 0.